The molecule has 0 atom stereocenters. The molecule has 4 rings (SSSR count). The van der Waals surface area contributed by atoms with Gasteiger partial charge in [-0.15, -0.1) is 0 Å². The zero-order valence-corrected chi connectivity index (χ0v) is 12.6. The molecular weight excluding hydrogens is 311 g/mol. The van der Waals surface area contributed by atoms with Gasteiger partial charge in [0.1, 0.15) is 24.1 Å². The maximum atomic E-state index is 14.2. The van der Waals surface area contributed by atoms with E-state index < -0.39 is 5.82 Å². The zero-order chi connectivity index (χ0) is 16.5. The number of nitrogens with zero attached hydrogens (tertiary/aromatic N) is 3. The molecule has 1 aliphatic rings. The van der Waals surface area contributed by atoms with Gasteiger partial charge in [0.25, 0.3) is 5.91 Å². The summed E-state index contributed by atoms with van der Waals surface area (Å²) in [5.41, 5.74) is 2.16. The van der Waals surface area contributed by atoms with Crippen LogP contribution in [0.25, 0.3) is 5.69 Å². The molecule has 3 aromatic rings. The number of benzene rings is 2. The number of fused-ring (bicyclic) bond motifs is 1. The van der Waals surface area contributed by atoms with Gasteiger partial charge in [0, 0.05) is 17.7 Å². The first-order valence-electron chi connectivity index (χ1n) is 7.42. The van der Waals surface area contributed by atoms with Gasteiger partial charge in [-0.3, -0.25) is 4.79 Å². The molecule has 6 nitrogen and oxygen atoms in total. The van der Waals surface area contributed by atoms with E-state index in [-0.39, 0.29) is 11.6 Å². The minimum absolute atomic E-state index is 0.264. The highest BCUT2D eigenvalue weighted by Gasteiger charge is 2.15. The SMILES string of the molecule is O=C(Nc1ccc(-n2cncn2)c(F)c1)c1ccc2c(c1)CCO2. The number of halogens is 1. The molecule has 0 unspecified atom stereocenters. The average Bonchev–Trinajstić information content (AvgIpc) is 3.25. The Balaban J connectivity index is 1.55. The van der Waals surface area contributed by atoms with Crippen molar-refractivity contribution in [3.8, 4) is 11.4 Å². The van der Waals surface area contributed by atoms with Crippen LogP contribution >= 0.6 is 0 Å². The molecule has 1 aromatic heterocycles. The average molecular weight is 324 g/mol. The maximum absolute atomic E-state index is 14.2. The monoisotopic (exact) mass is 324 g/mol. The van der Waals surface area contributed by atoms with Gasteiger partial charge >= 0.3 is 0 Å². The van der Waals surface area contributed by atoms with Crippen LogP contribution in [0.15, 0.2) is 49.1 Å². The first-order chi connectivity index (χ1) is 11.7. The van der Waals surface area contributed by atoms with Gasteiger partial charge < -0.3 is 10.1 Å². The molecule has 0 radical (unpaired) electrons. The van der Waals surface area contributed by atoms with Gasteiger partial charge in [-0.05, 0) is 42.0 Å². The lowest BCUT2D eigenvalue weighted by atomic mass is 10.1. The fourth-order valence-electron chi connectivity index (χ4n) is 2.63. The van der Waals surface area contributed by atoms with Crippen LogP contribution in [0.2, 0.25) is 0 Å². The number of hydrogen-bond donors (Lipinski definition) is 1. The topological polar surface area (TPSA) is 69.0 Å². The van der Waals surface area contributed by atoms with Crippen LogP contribution in [0.4, 0.5) is 10.1 Å². The summed E-state index contributed by atoms with van der Waals surface area (Å²) in [6, 6.07) is 9.69. The fraction of sp³-hybridized carbons (Fsp3) is 0.118. The van der Waals surface area contributed by atoms with Crippen LogP contribution in [0.3, 0.4) is 0 Å². The summed E-state index contributed by atoms with van der Waals surface area (Å²) < 4.78 is 20.9. The summed E-state index contributed by atoms with van der Waals surface area (Å²) in [6.45, 7) is 0.634. The van der Waals surface area contributed by atoms with Crippen LogP contribution in [-0.4, -0.2) is 27.3 Å². The highest BCUT2D eigenvalue weighted by Crippen LogP contribution is 2.26. The Kier molecular flexibility index (Phi) is 3.45. The summed E-state index contributed by atoms with van der Waals surface area (Å²) >= 11 is 0. The first-order valence-corrected chi connectivity index (χ1v) is 7.42. The van der Waals surface area contributed by atoms with Crippen molar-refractivity contribution in [3.63, 3.8) is 0 Å². The van der Waals surface area contributed by atoms with Gasteiger partial charge in [0.2, 0.25) is 0 Å². The van der Waals surface area contributed by atoms with E-state index in [4.69, 9.17) is 4.74 Å². The van der Waals surface area contributed by atoms with Crippen LogP contribution in [-0.2, 0) is 6.42 Å². The van der Waals surface area contributed by atoms with E-state index in [1.807, 2.05) is 0 Å². The fourth-order valence-corrected chi connectivity index (χ4v) is 2.63. The largest absolute Gasteiger partial charge is 0.493 e. The Bertz CT molecular complexity index is 909. The Hall–Kier alpha value is -3.22. The van der Waals surface area contributed by atoms with Crippen molar-refractivity contribution in [3.05, 3.63) is 66.0 Å². The maximum Gasteiger partial charge on any atom is 0.255 e. The minimum atomic E-state index is -0.499. The number of carbonyl (C=O) groups excluding carboxylic acids is 1. The van der Waals surface area contributed by atoms with E-state index in [9.17, 15) is 9.18 Å². The third-order valence-electron chi connectivity index (χ3n) is 3.82. The standard InChI is InChI=1S/C17H13FN4O2/c18-14-8-13(2-3-15(14)22-10-19-9-20-22)21-17(23)12-1-4-16-11(7-12)5-6-24-16/h1-4,7-10H,5-6H2,(H,21,23). The number of anilines is 1. The number of hydrogen-bond acceptors (Lipinski definition) is 4. The molecular formula is C17H13FN4O2. The number of aromatic nitrogens is 3. The lowest BCUT2D eigenvalue weighted by molar-refractivity contribution is 0.102. The quantitative estimate of drug-likeness (QED) is 0.804. The van der Waals surface area contributed by atoms with E-state index in [0.29, 0.717) is 17.9 Å². The molecule has 7 heteroatoms. The van der Waals surface area contributed by atoms with Crippen LogP contribution in [0, 0.1) is 5.82 Å². The Morgan fingerprint density at radius 2 is 2.17 bits per heavy atom. The lowest BCUT2D eigenvalue weighted by Crippen LogP contribution is -2.12. The Morgan fingerprint density at radius 1 is 1.25 bits per heavy atom. The molecule has 1 aliphatic heterocycles. The summed E-state index contributed by atoms with van der Waals surface area (Å²) in [5.74, 6) is 0.0213. The minimum Gasteiger partial charge on any atom is -0.493 e. The van der Waals surface area contributed by atoms with E-state index in [2.05, 4.69) is 15.4 Å². The predicted molar refractivity (Wildman–Crippen MR) is 84.9 cm³/mol. The molecule has 0 saturated carbocycles. The number of amides is 1. The second kappa shape index (κ2) is 5.77. The molecule has 24 heavy (non-hydrogen) atoms. The normalized spacial score (nSPS) is 12.5. The Labute approximate surface area is 136 Å². The summed E-state index contributed by atoms with van der Waals surface area (Å²) in [6.07, 6.45) is 3.52. The van der Waals surface area contributed by atoms with Gasteiger partial charge in [-0.2, -0.15) is 5.10 Å². The third kappa shape index (κ3) is 2.60. The molecule has 1 amide bonds. The molecule has 0 bridgehead atoms. The van der Waals surface area contributed by atoms with Crippen molar-refractivity contribution in [2.24, 2.45) is 0 Å². The van der Waals surface area contributed by atoms with Crippen LogP contribution in [0.5, 0.6) is 5.75 Å². The molecule has 2 heterocycles. The highest BCUT2D eigenvalue weighted by molar-refractivity contribution is 6.04. The number of nitrogens with one attached hydrogen (secondary N) is 1. The molecule has 120 valence electrons. The van der Waals surface area contributed by atoms with E-state index >= 15 is 0 Å². The smallest absolute Gasteiger partial charge is 0.255 e. The van der Waals surface area contributed by atoms with Crippen molar-refractivity contribution in [2.75, 3.05) is 11.9 Å². The molecule has 1 N–H and O–H groups in total. The third-order valence-corrected chi connectivity index (χ3v) is 3.82. The van der Waals surface area contributed by atoms with E-state index in [1.165, 1.54) is 29.5 Å². The molecule has 0 spiro atoms. The molecule has 0 aliphatic carbocycles. The number of ether oxygens (including phenoxy) is 1. The molecule has 0 saturated heterocycles. The van der Waals surface area contributed by atoms with E-state index in [0.717, 1.165) is 17.7 Å². The first kappa shape index (κ1) is 14.4. The Morgan fingerprint density at radius 3 is 2.96 bits per heavy atom. The highest BCUT2D eigenvalue weighted by atomic mass is 19.1. The van der Waals surface area contributed by atoms with Crippen molar-refractivity contribution >= 4 is 11.6 Å². The predicted octanol–water partition coefficient (Wildman–Crippen LogP) is 2.59. The lowest BCUT2D eigenvalue weighted by Gasteiger charge is -2.08. The van der Waals surface area contributed by atoms with Gasteiger partial charge in [0.15, 0.2) is 5.82 Å². The second-order valence-corrected chi connectivity index (χ2v) is 5.38. The summed E-state index contributed by atoms with van der Waals surface area (Å²) in [5, 5.41) is 6.58. The zero-order valence-electron chi connectivity index (χ0n) is 12.6. The van der Waals surface area contributed by atoms with E-state index in [1.54, 1.807) is 24.3 Å². The van der Waals surface area contributed by atoms with Gasteiger partial charge in [-0.25, -0.2) is 14.1 Å². The molecule has 2 aromatic carbocycles. The number of rotatable bonds is 3. The van der Waals surface area contributed by atoms with Crippen LogP contribution < -0.4 is 10.1 Å². The van der Waals surface area contributed by atoms with Gasteiger partial charge in [0.05, 0.1) is 6.61 Å². The van der Waals surface area contributed by atoms with Crippen molar-refractivity contribution < 1.29 is 13.9 Å². The van der Waals surface area contributed by atoms with Crippen molar-refractivity contribution in [2.45, 2.75) is 6.42 Å². The number of carbonyl (C=O) groups is 1. The van der Waals surface area contributed by atoms with Crippen molar-refractivity contribution in [1.82, 2.24) is 14.8 Å². The van der Waals surface area contributed by atoms with Crippen LogP contribution in [0.1, 0.15) is 15.9 Å². The van der Waals surface area contributed by atoms with Crippen molar-refractivity contribution in [1.29, 1.82) is 0 Å². The van der Waals surface area contributed by atoms with Gasteiger partial charge in [-0.1, -0.05) is 0 Å². The summed E-state index contributed by atoms with van der Waals surface area (Å²) in [4.78, 5) is 16.1. The molecule has 0 fully saturated rings. The second-order valence-electron chi connectivity index (χ2n) is 5.38. The summed E-state index contributed by atoms with van der Waals surface area (Å²) in [7, 11) is 0.